The van der Waals surface area contributed by atoms with Crippen molar-refractivity contribution >= 4 is 54.9 Å². The van der Waals surface area contributed by atoms with Gasteiger partial charge in [-0.3, -0.25) is 9.59 Å². The van der Waals surface area contributed by atoms with Gasteiger partial charge in [-0.05, 0) is 31.2 Å². The average molecular weight is 511 g/mol. The SMILES string of the molecule is CCOC(=O)CCn1c(=NC(=O)CS(=O)(=O)c2ccc(Cl)cc2)sc2cc3c(cc21)OCO3. The molecule has 1 aliphatic heterocycles. The molecule has 0 atom stereocenters. The average Bonchev–Trinajstić information content (AvgIpc) is 3.33. The van der Waals surface area contributed by atoms with E-state index in [-0.39, 0.29) is 36.1 Å². The number of aryl methyl sites for hydroxylation is 1. The number of ether oxygens (including phenoxy) is 3. The standard InChI is InChI=1S/C21H19ClN2O7S2/c1-2-29-20(26)7-8-24-15-9-16-17(31-12-30-16)10-18(15)32-21(24)23-19(25)11-33(27,28)14-5-3-13(22)4-6-14/h3-6,9-10H,2,7-8,11-12H2,1H3. The molecule has 0 N–H and O–H groups in total. The summed E-state index contributed by atoms with van der Waals surface area (Å²) in [5, 5.41) is 0.387. The van der Waals surface area contributed by atoms with Crippen molar-refractivity contribution in [2.24, 2.45) is 4.99 Å². The minimum Gasteiger partial charge on any atom is -0.466 e. The maximum atomic E-state index is 12.6. The monoisotopic (exact) mass is 510 g/mol. The largest absolute Gasteiger partial charge is 0.466 e. The molecule has 2 aromatic carbocycles. The Kier molecular flexibility index (Phi) is 6.73. The van der Waals surface area contributed by atoms with Crippen molar-refractivity contribution in [3.05, 3.63) is 46.2 Å². The molecule has 0 radical (unpaired) electrons. The molecule has 3 aromatic rings. The van der Waals surface area contributed by atoms with E-state index in [1.165, 1.54) is 35.6 Å². The van der Waals surface area contributed by atoms with Gasteiger partial charge in [0.25, 0.3) is 5.91 Å². The highest BCUT2D eigenvalue weighted by Crippen LogP contribution is 2.37. The minimum absolute atomic E-state index is 0.0206. The van der Waals surface area contributed by atoms with E-state index in [0.29, 0.717) is 22.0 Å². The van der Waals surface area contributed by atoms with Crippen LogP contribution >= 0.6 is 22.9 Å². The lowest BCUT2D eigenvalue weighted by Gasteiger charge is -2.06. The Bertz CT molecular complexity index is 1390. The van der Waals surface area contributed by atoms with Crippen LogP contribution in [0.4, 0.5) is 0 Å². The van der Waals surface area contributed by atoms with Crippen molar-refractivity contribution in [2.45, 2.75) is 24.8 Å². The van der Waals surface area contributed by atoms with E-state index in [9.17, 15) is 18.0 Å². The van der Waals surface area contributed by atoms with Gasteiger partial charge in [0.15, 0.2) is 26.1 Å². The first kappa shape index (κ1) is 23.3. The lowest BCUT2D eigenvalue weighted by Crippen LogP contribution is -2.22. The van der Waals surface area contributed by atoms with Crippen molar-refractivity contribution in [1.82, 2.24) is 4.57 Å². The van der Waals surface area contributed by atoms with Gasteiger partial charge in [-0.1, -0.05) is 22.9 Å². The lowest BCUT2D eigenvalue weighted by atomic mass is 10.3. The van der Waals surface area contributed by atoms with Crippen molar-refractivity contribution in [3.8, 4) is 11.5 Å². The maximum Gasteiger partial charge on any atom is 0.307 e. The van der Waals surface area contributed by atoms with Crippen LogP contribution < -0.4 is 14.3 Å². The van der Waals surface area contributed by atoms with Crippen LogP contribution in [0.2, 0.25) is 5.02 Å². The number of halogens is 1. The van der Waals surface area contributed by atoms with E-state index >= 15 is 0 Å². The summed E-state index contributed by atoms with van der Waals surface area (Å²) >= 11 is 6.99. The van der Waals surface area contributed by atoms with E-state index in [1.54, 1.807) is 23.6 Å². The number of esters is 1. The third kappa shape index (κ3) is 5.21. The summed E-state index contributed by atoms with van der Waals surface area (Å²) in [6.07, 6.45) is 0.0541. The van der Waals surface area contributed by atoms with Crippen LogP contribution in [-0.4, -0.2) is 44.0 Å². The third-order valence-electron chi connectivity index (χ3n) is 4.73. The van der Waals surface area contributed by atoms with E-state index in [0.717, 1.165) is 4.70 Å². The van der Waals surface area contributed by atoms with Gasteiger partial charge in [0, 0.05) is 23.7 Å². The number of sulfone groups is 1. The van der Waals surface area contributed by atoms with Gasteiger partial charge in [0.2, 0.25) is 6.79 Å². The fraction of sp³-hybridized carbons (Fsp3) is 0.286. The fourth-order valence-corrected chi connectivity index (χ4v) is 5.54. The predicted octanol–water partition coefficient (Wildman–Crippen LogP) is 2.94. The molecule has 0 saturated heterocycles. The topological polar surface area (TPSA) is 113 Å². The third-order valence-corrected chi connectivity index (χ3v) is 7.64. The molecule has 0 fully saturated rings. The molecule has 0 aliphatic carbocycles. The summed E-state index contributed by atoms with van der Waals surface area (Å²) in [5.74, 6) is -0.935. The molecule has 0 saturated carbocycles. The fourth-order valence-electron chi connectivity index (χ4n) is 3.22. The number of aromatic nitrogens is 1. The second-order valence-corrected chi connectivity index (χ2v) is 10.4. The van der Waals surface area contributed by atoms with Crippen molar-refractivity contribution in [3.63, 3.8) is 0 Å². The molecule has 1 amide bonds. The molecule has 12 heteroatoms. The molecule has 9 nitrogen and oxygen atoms in total. The Labute approximate surface area is 198 Å². The van der Waals surface area contributed by atoms with Crippen molar-refractivity contribution < 1.29 is 32.2 Å². The zero-order chi connectivity index (χ0) is 23.6. The number of carbonyl (C=O) groups excluding carboxylic acids is 2. The second-order valence-electron chi connectivity index (χ2n) is 6.98. The summed E-state index contributed by atoms with van der Waals surface area (Å²) in [4.78, 5) is 28.8. The Balaban J connectivity index is 1.68. The van der Waals surface area contributed by atoms with Crippen LogP contribution in [0.25, 0.3) is 10.2 Å². The van der Waals surface area contributed by atoms with Crippen molar-refractivity contribution in [1.29, 1.82) is 0 Å². The van der Waals surface area contributed by atoms with Crippen LogP contribution in [0.1, 0.15) is 13.3 Å². The molecule has 33 heavy (non-hydrogen) atoms. The molecule has 2 heterocycles. The van der Waals surface area contributed by atoms with E-state index in [4.69, 9.17) is 25.8 Å². The molecule has 1 aromatic heterocycles. The first-order chi connectivity index (χ1) is 15.8. The predicted molar refractivity (Wildman–Crippen MR) is 121 cm³/mol. The summed E-state index contributed by atoms with van der Waals surface area (Å²) in [6, 6.07) is 9.06. The number of carbonyl (C=O) groups is 2. The number of benzene rings is 2. The molecular formula is C21H19ClN2O7S2. The van der Waals surface area contributed by atoms with Crippen LogP contribution in [0.15, 0.2) is 46.3 Å². The molecule has 4 rings (SSSR count). The van der Waals surface area contributed by atoms with Gasteiger partial charge in [-0.15, -0.1) is 0 Å². The van der Waals surface area contributed by atoms with Crippen LogP contribution in [0.3, 0.4) is 0 Å². The molecule has 0 spiro atoms. The zero-order valence-electron chi connectivity index (χ0n) is 17.4. The van der Waals surface area contributed by atoms with Gasteiger partial charge in [-0.2, -0.15) is 4.99 Å². The van der Waals surface area contributed by atoms with Gasteiger partial charge < -0.3 is 18.8 Å². The smallest absolute Gasteiger partial charge is 0.307 e. The Morgan fingerprint density at radius 2 is 1.88 bits per heavy atom. The normalized spacial score (nSPS) is 13.5. The Morgan fingerprint density at radius 3 is 2.58 bits per heavy atom. The minimum atomic E-state index is -3.90. The first-order valence-electron chi connectivity index (χ1n) is 9.91. The molecule has 1 aliphatic rings. The number of nitrogens with zero attached hydrogens (tertiary/aromatic N) is 2. The highest BCUT2D eigenvalue weighted by Gasteiger charge is 2.21. The maximum absolute atomic E-state index is 12.6. The van der Waals surface area contributed by atoms with Gasteiger partial charge in [0.05, 0.1) is 28.1 Å². The number of rotatable bonds is 7. The van der Waals surface area contributed by atoms with Crippen LogP contribution in [0, 0.1) is 0 Å². The highest BCUT2D eigenvalue weighted by molar-refractivity contribution is 7.92. The summed E-state index contributed by atoms with van der Waals surface area (Å²) in [5.41, 5.74) is 0.681. The van der Waals surface area contributed by atoms with Gasteiger partial charge >= 0.3 is 5.97 Å². The van der Waals surface area contributed by atoms with Crippen LogP contribution in [0.5, 0.6) is 11.5 Å². The summed E-state index contributed by atoms with van der Waals surface area (Å²) < 4.78 is 43.4. The quantitative estimate of drug-likeness (QED) is 0.449. The summed E-state index contributed by atoms with van der Waals surface area (Å²) in [6.45, 7) is 2.26. The lowest BCUT2D eigenvalue weighted by molar-refractivity contribution is -0.143. The number of hydrogen-bond donors (Lipinski definition) is 0. The van der Waals surface area contributed by atoms with E-state index in [2.05, 4.69) is 4.99 Å². The number of fused-ring (bicyclic) bond motifs is 2. The van der Waals surface area contributed by atoms with Gasteiger partial charge in [-0.25, -0.2) is 8.42 Å². The summed E-state index contributed by atoms with van der Waals surface area (Å²) in [7, 11) is -3.90. The van der Waals surface area contributed by atoms with E-state index < -0.39 is 27.5 Å². The molecular weight excluding hydrogens is 492 g/mol. The Hall–Kier alpha value is -2.89. The Morgan fingerprint density at radius 1 is 1.18 bits per heavy atom. The van der Waals surface area contributed by atoms with E-state index in [1.807, 2.05) is 0 Å². The highest BCUT2D eigenvalue weighted by atomic mass is 35.5. The number of hydrogen-bond acceptors (Lipinski definition) is 8. The first-order valence-corrected chi connectivity index (χ1v) is 12.8. The zero-order valence-corrected chi connectivity index (χ0v) is 19.8. The second kappa shape index (κ2) is 9.54. The van der Waals surface area contributed by atoms with Crippen LogP contribution in [-0.2, 0) is 30.7 Å². The number of amides is 1. The molecule has 0 unspecified atom stereocenters. The van der Waals surface area contributed by atoms with Crippen molar-refractivity contribution in [2.75, 3.05) is 19.2 Å². The van der Waals surface area contributed by atoms with Gasteiger partial charge in [0.1, 0.15) is 5.75 Å². The molecule has 0 bridgehead atoms. The number of thiazole rings is 1. The molecule has 174 valence electrons.